The molecule has 3 N–H and O–H groups in total. The van der Waals surface area contributed by atoms with Crippen LogP contribution in [0.2, 0.25) is 0 Å². The minimum Gasteiger partial charge on any atom is -0.487 e. The molecule has 0 aliphatic rings. The molecule has 1 aromatic rings. The summed E-state index contributed by atoms with van der Waals surface area (Å²) in [5.41, 5.74) is 5.23. The molecule has 1 atom stereocenters. The lowest BCUT2D eigenvalue weighted by molar-refractivity contribution is 0.231. The summed E-state index contributed by atoms with van der Waals surface area (Å²) in [7, 11) is 0. The van der Waals surface area contributed by atoms with Crippen molar-refractivity contribution in [3.05, 3.63) is 29.3 Å². The highest BCUT2D eigenvalue weighted by Gasteiger charge is 2.15. The minimum absolute atomic E-state index is 0.0357. The SMILES string of the molecule is CCCC(C)COc1c(F)cc(C(N)=NO)cc1F. The molecule has 0 aliphatic heterocycles. The Balaban J connectivity index is 2.86. The van der Waals surface area contributed by atoms with Gasteiger partial charge in [0.1, 0.15) is 0 Å². The third-order valence-electron chi connectivity index (χ3n) is 2.70. The second kappa shape index (κ2) is 6.92. The van der Waals surface area contributed by atoms with Gasteiger partial charge >= 0.3 is 0 Å². The van der Waals surface area contributed by atoms with E-state index in [1.54, 1.807) is 0 Å². The van der Waals surface area contributed by atoms with Gasteiger partial charge in [0.05, 0.1) is 6.61 Å². The van der Waals surface area contributed by atoms with Gasteiger partial charge in [-0.2, -0.15) is 0 Å². The third-order valence-corrected chi connectivity index (χ3v) is 2.70. The molecule has 0 spiro atoms. The largest absolute Gasteiger partial charge is 0.487 e. The van der Waals surface area contributed by atoms with Crippen LogP contribution in [0, 0.1) is 17.6 Å². The zero-order valence-corrected chi connectivity index (χ0v) is 11.0. The number of hydrogen-bond acceptors (Lipinski definition) is 3. The predicted molar refractivity (Wildman–Crippen MR) is 68.4 cm³/mol. The maximum absolute atomic E-state index is 13.7. The highest BCUT2D eigenvalue weighted by atomic mass is 19.1. The third kappa shape index (κ3) is 4.08. The number of hydrogen-bond donors (Lipinski definition) is 2. The first-order valence-corrected chi connectivity index (χ1v) is 6.09. The molecule has 0 heterocycles. The normalized spacial score (nSPS) is 13.4. The number of nitrogens with zero attached hydrogens (tertiary/aromatic N) is 1. The summed E-state index contributed by atoms with van der Waals surface area (Å²) in [5, 5.41) is 11.2. The average Bonchev–Trinajstić information content (AvgIpc) is 2.36. The van der Waals surface area contributed by atoms with Crippen molar-refractivity contribution in [1.82, 2.24) is 0 Å². The molecule has 4 nitrogen and oxygen atoms in total. The Kier molecular flexibility index (Phi) is 5.54. The summed E-state index contributed by atoms with van der Waals surface area (Å²) in [6.45, 7) is 4.22. The molecule has 1 aromatic carbocycles. The Morgan fingerprint density at radius 2 is 2.00 bits per heavy atom. The molecule has 1 rings (SSSR count). The fourth-order valence-corrected chi connectivity index (χ4v) is 1.71. The van der Waals surface area contributed by atoms with E-state index in [0.29, 0.717) is 0 Å². The molecule has 1 unspecified atom stereocenters. The van der Waals surface area contributed by atoms with Crippen LogP contribution in [0.1, 0.15) is 32.3 Å². The number of oxime groups is 1. The molecule has 0 aliphatic carbocycles. The fourth-order valence-electron chi connectivity index (χ4n) is 1.71. The molecule has 19 heavy (non-hydrogen) atoms. The second-order valence-corrected chi connectivity index (χ2v) is 4.46. The molecule has 0 radical (unpaired) electrons. The van der Waals surface area contributed by atoms with Crippen molar-refractivity contribution in [3.8, 4) is 5.75 Å². The van der Waals surface area contributed by atoms with Gasteiger partial charge in [0.2, 0.25) is 0 Å². The van der Waals surface area contributed by atoms with Gasteiger partial charge in [-0.3, -0.25) is 0 Å². The van der Waals surface area contributed by atoms with Crippen LogP contribution in [0.3, 0.4) is 0 Å². The second-order valence-electron chi connectivity index (χ2n) is 4.46. The van der Waals surface area contributed by atoms with Gasteiger partial charge in [-0.25, -0.2) is 8.78 Å². The lowest BCUT2D eigenvalue weighted by Crippen LogP contribution is -2.15. The summed E-state index contributed by atoms with van der Waals surface area (Å²) < 4.78 is 32.5. The minimum atomic E-state index is -0.870. The summed E-state index contributed by atoms with van der Waals surface area (Å²) >= 11 is 0. The van der Waals surface area contributed by atoms with Crippen LogP contribution in [0.4, 0.5) is 8.78 Å². The Morgan fingerprint density at radius 3 is 2.47 bits per heavy atom. The number of halogens is 2. The van der Waals surface area contributed by atoms with Crippen LogP contribution < -0.4 is 10.5 Å². The Labute approximate surface area is 110 Å². The van der Waals surface area contributed by atoms with E-state index >= 15 is 0 Å². The number of rotatable bonds is 6. The number of benzene rings is 1. The molecular weight excluding hydrogens is 254 g/mol. The van der Waals surface area contributed by atoms with Gasteiger partial charge in [-0.05, 0) is 24.5 Å². The van der Waals surface area contributed by atoms with Crippen LogP contribution in [-0.4, -0.2) is 17.6 Å². The molecule has 0 aromatic heterocycles. The summed E-state index contributed by atoms with van der Waals surface area (Å²) in [4.78, 5) is 0. The topological polar surface area (TPSA) is 67.8 Å². The van der Waals surface area contributed by atoms with Crippen molar-refractivity contribution in [2.45, 2.75) is 26.7 Å². The smallest absolute Gasteiger partial charge is 0.190 e. The quantitative estimate of drug-likeness (QED) is 0.362. The van der Waals surface area contributed by atoms with E-state index in [1.165, 1.54) is 0 Å². The Morgan fingerprint density at radius 1 is 1.42 bits per heavy atom. The molecule has 0 amide bonds. The van der Waals surface area contributed by atoms with Crippen LogP contribution in [0.5, 0.6) is 5.75 Å². The molecule has 0 bridgehead atoms. The predicted octanol–water partition coefficient (Wildman–Crippen LogP) is 2.87. The number of nitrogens with two attached hydrogens (primary N) is 1. The zero-order chi connectivity index (χ0) is 14.4. The highest BCUT2D eigenvalue weighted by molar-refractivity contribution is 5.97. The lowest BCUT2D eigenvalue weighted by atomic mass is 10.1. The molecule has 6 heteroatoms. The van der Waals surface area contributed by atoms with Crippen LogP contribution >= 0.6 is 0 Å². The van der Waals surface area contributed by atoms with E-state index < -0.39 is 17.4 Å². The summed E-state index contributed by atoms with van der Waals surface area (Å²) in [6, 6.07) is 1.94. The van der Waals surface area contributed by atoms with E-state index in [4.69, 9.17) is 15.7 Å². The molecule has 106 valence electrons. The van der Waals surface area contributed by atoms with Gasteiger partial charge in [0, 0.05) is 5.56 Å². The standard InChI is InChI=1S/C13H18F2N2O2/c1-3-4-8(2)7-19-12-10(14)5-9(6-11(12)15)13(16)17-18/h5-6,8,18H,3-4,7H2,1-2H3,(H2,16,17). The monoisotopic (exact) mass is 272 g/mol. The van der Waals surface area contributed by atoms with Crippen molar-refractivity contribution in [2.75, 3.05) is 6.61 Å². The van der Waals surface area contributed by atoms with E-state index in [0.717, 1.165) is 25.0 Å². The number of amidine groups is 1. The maximum atomic E-state index is 13.7. The van der Waals surface area contributed by atoms with Crippen molar-refractivity contribution in [3.63, 3.8) is 0 Å². The zero-order valence-electron chi connectivity index (χ0n) is 11.0. The average molecular weight is 272 g/mol. The van der Waals surface area contributed by atoms with Gasteiger partial charge in [0.25, 0.3) is 0 Å². The molecule has 0 saturated carbocycles. The van der Waals surface area contributed by atoms with Crippen LogP contribution in [0.25, 0.3) is 0 Å². The Bertz CT molecular complexity index is 441. The first kappa shape index (κ1) is 15.2. The van der Waals surface area contributed by atoms with E-state index in [9.17, 15) is 8.78 Å². The van der Waals surface area contributed by atoms with E-state index in [1.807, 2.05) is 13.8 Å². The van der Waals surface area contributed by atoms with E-state index in [2.05, 4.69) is 5.16 Å². The Hall–Kier alpha value is -1.85. The molecule has 0 saturated heterocycles. The van der Waals surface area contributed by atoms with Crippen LogP contribution in [-0.2, 0) is 0 Å². The van der Waals surface area contributed by atoms with Gasteiger partial charge in [-0.1, -0.05) is 25.4 Å². The van der Waals surface area contributed by atoms with Gasteiger partial charge in [-0.15, -0.1) is 0 Å². The molecule has 0 fully saturated rings. The summed E-state index contributed by atoms with van der Waals surface area (Å²) in [6.07, 6.45) is 1.91. The van der Waals surface area contributed by atoms with Gasteiger partial charge in [0.15, 0.2) is 23.2 Å². The van der Waals surface area contributed by atoms with Crippen molar-refractivity contribution in [2.24, 2.45) is 16.8 Å². The van der Waals surface area contributed by atoms with E-state index in [-0.39, 0.29) is 23.9 Å². The van der Waals surface area contributed by atoms with Crippen molar-refractivity contribution in [1.29, 1.82) is 0 Å². The molecular formula is C13H18F2N2O2. The first-order valence-electron chi connectivity index (χ1n) is 6.09. The van der Waals surface area contributed by atoms with Crippen molar-refractivity contribution >= 4 is 5.84 Å². The number of ether oxygens (including phenoxy) is 1. The van der Waals surface area contributed by atoms with Crippen molar-refractivity contribution < 1.29 is 18.7 Å². The fraction of sp³-hybridized carbons (Fsp3) is 0.462. The maximum Gasteiger partial charge on any atom is 0.190 e. The highest BCUT2D eigenvalue weighted by Crippen LogP contribution is 2.24. The lowest BCUT2D eigenvalue weighted by Gasteiger charge is -2.13. The van der Waals surface area contributed by atoms with Crippen LogP contribution in [0.15, 0.2) is 17.3 Å². The van der Waals surface area contributed by atoms with Gasteiger partial charge < -0.3 is 15.7 Å². The summed E-state index contributed by atoms with van der Waals surface area (Å²) in [5.74, 6) is -2.32. The first-order chi connectivity index (χ1) is 8.99.